The van der Waals surface area contributed by atoms with Crippen molar-refractivity contribution >= 4 is 11.8 Å². The highest BCUT2D eigenvalue weighted by atomic mass is 32.2. The standard InChI is InChI=1S/C24H32N2OS/c1-18(2)19-8-9-24-21(16-19)22(17-20-6-3-4-7-23(20)28-24)26-13-11-25(12-14-26)10-5-15-27/h3-4,6-9,16,18,22,27H,5,10-15,17H2,1-2H3. The molecular weight excluding hydrogens is 364 g/mol. The van der Waals surface area contributed by atoms with Crippen molar-refractivity contribution in [1.29, 1.82) is 0 Å². The van der Waals surface area contributed by atoms with Gasteiger partial charge in [-0.2, -0.15) is 0 Å². The minimum Gasteiger partial charge on any atom is -0.396 e. The summed E-state index contributed by atoms with van der Waals surface area (Å²) in [6.45, 7) is 10.3. The number of aliphatic hydroxyl groups is 1. The third-order valence-electron chi connectivity index (χ3n) is 6.15. The molecule has 1 N–H and O–H groups in total. The summed E-state index contributed by atoms with van der Waals surface area (Å²) in [6.07, 6.45) is 1.97. The van der Waals surface area contributed by atoms with Crippen LogP contribution in [0.2, 0.25) is 0 Å². The molecule has 2 aliphatic heterocycles. The van der Waals surface area contributed by atoms with Crippen molar-refractivity contribution in [2.45, 2.75) is 48.4 Å². The fourth-order valence-corrected chi connectivity index (χ4v) is 5.52. The summed E-state index contributed by atoms with van der Waals surface area (Å²) in [6, 6.07) is 16.5. The van der Waals surface area contributed by atoms with E-state index < -0.39 is 0 Å². The fraction of sp³-hybridized carbons (Fsp3) is 0.500. The molecule has 0 amide bonds. The number of rotatable bonds is 5. The van der Waals surface area contributed by atoms with Gasteiger partial charge in [-0.05, 0) is 47.6 Å². The van der Waals surface area contributed by atoms with Gasteiger partial charge in [-0.1, -0.05) is 55.9 Å². The minimum atomic E-state index is 0.294. The maximum absolute atomic E-state index is 9.12. The molecule has 0 saturated carbocycles. The van der Waals surface area contributed by atoms with E-state index in [1.54, 1.807) is 0 Å². The van der Waals surface area contributed by atoms with Crippen LogP contribution in [0, 0.1) is 0 Å². The molecule has 4 rings (SSSR count). The van der Waals surface area contributed by atoms with Crippen LogP contribution < -0.4 is 0 Å². The van der Waals surface area contributed by atoms with Crippen molar-refractivity contribution in [3.8, 4) is 0 Å². The van der Waals surface area contributed by atoms with Crippen LogP contribution in [0.4, 0.5) is 0 Å². The molecular formula is C24H32N2OS. The first-order valence-corrected chi connectivity index (χ1v) is 11.4. The van der Waals surface area contributed by atoms with Crippen molar-refractivity contribution in [2.75, 3.05) is 39.3 Å². The lowest BCUT2D eigenvalue weighted by Gasteiger charge is -2.39. The Kier molecular flexibility index (Phi) is 6.42. The molecule has 0 radical (unpaired) electrons. The summed E-state index contributed by atoms with van der Waals surface area (Å²) in [5, 5.41) is 9.12. The molecule has 4 heteroatoms. The number of hydrogen-bond acceptors (Lipinski definition) is 4. The van der Waals surface area contributed by atoms with Crippen molar-refractivity contribution in [2.24, 2.45) is 0 Å². The van der Waals surface area contributed by atoms with Crippen LogP contribution in [0.15, 0.2) is 52.3 Å². The number of fused-ring (bicyclic) bond motifs is 2. The van der Waals surface area contributed by atoms with E-state index in [2.05, 4.69) is 66.1 Å². The summed E-state index contributed by atoms with van der Waals surface area (Å²) in [5.41, 5.74) is 4.43. The molecule has 1 unspecified atom stereocenters. The fourth-order valence-electron chi connectivity index (χ4n) is 4.41. The van der Waals surface area contributed by atoms with Gasteiger partial charge in [-0.25, -0.2) is 0 Å². The summed E-state index contributed by atoms with van der Waals surface area (Å²) in [7, 11) is 0. The molecule has 2 heterocycles. The third kappa shape index (κ3) is 4.30. The summed E-state index contributed by atoms with van der Waals surface area (Å²) < 4.78 is 0. The summed E-state index contributed by atoms with van der Waals surface area (Å²) >= 11 is 1.94. The number of piperazine rings is 1. The van der Waals surface area contributed by atoms with E-state index in [0.717, 1.165) is 45.6 Å². The SMILES string of the molecule is CC(C)c1ccc2c(c1)C(N1CCN(CCCO)CC1)Cc1ccccc1S2. The molecule has 2 aromatic carbocycles. The number of hydrogen-bond donors (Lipinski definition) is 1. The second-order valence-corrected chi connectivity index (χ2v) is 9.42. The Balaban J connectivity index is 1.63. The zero-order valence-electron chi connectivity index (χ0n) is 17.1. The van der Waals surface area contributed by atoms with Crippen molar-refractivity contribution in [3.63, 3.8) is 0 Å². The largest absolute Gasteiger partial charge is 0.396 e. The van der Waals surface area contributed by atoms with Crippen LogP contribution in [-0.2, 0) is 6.42 Å². The quantitative estimate of drug-likeness (QED) is 0.802. The van der Waals surface area contributed by atoms with E-state index in [0.29, 0.717) is 18.6 Å². The van der Waals surface area contributed by atoms with Crippen LogP contribution in [0.5, 0.6) is 0 Å². The van der Waals surface area contributed by atoms with Gasteiger partial charge in [0.05, 0.1) is 0 Å². The van der Waals surface area contributed by atoms with Gasteiger partial charge in [0.1, 0.15) is 0 Å². The first kappa shape index (κ1) is 20.0. The smallest absolute Gasteiger partial charge is 0.0443 e. The maximum Gasteiger partial charge on any atom is 0.0443 e. The average Bonchev–Trinajstić information content (AvgIpc) is 2.88. The topological polar surface area (TPSA) is 26.7 Å². The zero-order chi connectivity index (χ0) is 19.5. The van der Waals surface area contributed by atoms with Crippen LogP contribution in [0.25, 0.3) is 0 Å². The van der Waals surface area contributed by atoms with E-state index in [9.17, 15) is 0 Å². The second kappa shape index (κ2) is 9.00. The van der Waals surface area contributed by atoms with Gasteiger partial charge in [0.2, 0.25) is 0 Å². The first-order valence-electron chi connectivity index (χ1n) is 10.6. The lowest BCUT2D eigenvalue weighted by atomic mass is 9.93. The highest BCUT2D eigenvalue weighted by molar-refractivity contribution is 7.99. The first-order chi connectivity index (χ1) is 13.7. The molecule has 1 saturated heterocycles. The Hall–Kier alpha value is -1.33. The molecule has 2 aliphatic rings. The molecule has 150 valence electrons. The van der Waals surface area contributed by atoms with Crippen molar-refractivity contribution in [3.05, 3.63) is 59.2 Å². The Bertz CT molecular complexity index is 799. The maximum atomic E-state index is 9.12. The minimum absolute atomic E-state index is 0.294. The van der Waals surface area contributed by atoms with Gasteiger partial charge in [0.15, 0.2) is 0 Å². The van der Waals surface area contributed by atoms with Gasteiger partial charge in [0.25, 0.3) is 0 Å². The van der Waals surface area contributed by atoms with Crippen LogP contribution in [0.3, 0.4) is 0 Å². The highest BCUT2D eigenvalue weighted by Gasteiger charge is 2.30. The second-order valence-electron chi connectivity index (χ2n) is 8.34. The predicted octanol–water partition coefficient (Wildman–Crippen LogP) is 4.56. The summed E-state index contributed by atoms with van der Waals surface area (Å²) in [4.78, 5) is 8.02. The lowest BCUT2D eigenvalue weighted by Crippen LogP contribution is -2.48. The summed E-state index contributed by atoms with van der Waals surface area (Å²) in [5.74, 6) is 0.553. The van der Waals surface area contributed by atoms with Crippen LogP contribution in [0.1, 0.15) is 48.9 Å². The van der Waals surface area contributed by atoms with Crippen molar-refractivity contribution in [1.82, 2.24) is 9.80 Å². The Labute approximate surface area is 173 Å². The Morgan fingerprint density at radius 3 is 2.57 bits per heavy atom. The van der Waals surface area contributed by atoms with Gasteiger partial charge in [-0.15, -0.1) is 0 Å². The average molecular weight is 397 g/mol. The molecule has 0 bridgehead atoms. The molecule has 1 atom stereocenters. The van der Waals surface area contributed by atoms with E-state index >= 15 is 0 Å². The van der Waals surface area contributed by atoms with Crippen molar-refractivity contribution < 1.29 is 5.11 Å². The number of aliphatic hydroxyl groups excluding tert-OH is 1. The van der Waals surface area contributed by atoms with Gasteiger partial charge < -0.3 is 10.0 Å². The molecule has 2 aromatic rings. The third-order valence-corrected chi connectivity index (χ3v) is 7.36. The zero-order valence-corrected chi connectivity index (χ0v) is 17.9. The molecule has 1 fully saturated rings. The highest BCUT2D eigenvalue weighted by Crippen LogP contribution is 2.43. The normalized spacial score (nSPS) is 20.6. The predicted molar refractivity (Wildman–Crippen MR) is 117 cm³/mol. The molecule has 0 aliphatic carbocycles. The van der Waals surface area contributed by atoms with E-state index in [1.807, 2.05) is 11.8 Å². The molecule has 28 heavy (non-hydrogen) atoms. The molecule has 0 aromatic heterocycles. The number of benzene rings is 2. The lowest BCUT2D eigenvalue weighted by molar-refractivity contribution is 0.0899. The Morgan fingerprint density at radius 1 is 1.04 bits per heavy atom. The van der Waals surface area contributed by atoms with E-state index in [4.69, 9.17) is 5.11 Å². The number of nitrogens with zero attached hydrogens (tertiary/aromatic N) is 2. The van der Waals surface area contributed by atoms with Crippen LogP contribution in [-0.4, -0.2) is 54.2 Å². The van der Waals surface area contributed by atoms with Gasteiger partial charge in [-0.3, -0.25) is 4.90 Å². The van der Waals surface area contributed by atoms with E-state index in [1.165, 1.54) is 26.5 Å². The molecule has 0 spiro atoms. The monoisotopic (exact) mass is 396 g/mol. The van der Waals surface area contributed by atoms with E-state index in [-0.39, 0.29) is 0 Å². The van der Waals surface area contributed by atoms with Gasteiger partial charge in [0, 0.05) is 55.2 Å². The van der Waals surface area contributed by atoms with Crippen LogP contribution >= 0.6 is 11.8 Å². The molecule has 3 nitrogen and oxygen atoms in total. The van der Waals surface area contributed by atoms with Gasteiger partial charge >= 0.3 is 0 Å². The Morgan fingerprint density at radius 2 is 1.82 bits per heavy atom.